The van der Waals surface area contributed by atoms with E-state index in [1.165, 1.54) is 7.11 Å². The monoisotopic (exact) mass is 224 g/mol. The molecule has 0 unspecified atom stereocenters. The van der Waals surface area contributed by atoms with Crippen LogP contribution in [0.15, 0.2) is 16.5 Å². The Labute approximate surface area is 91.6 Å². The molecule has 0 atom stereocenters. The van der Waals surface area contributed by atoms with E-state index >= 15 is 0 Å². The molecule has 0 radical (unpaired) electrons. The summed E-state index contributed by atoms with van der Waals surface area (Å²) in [5.74, 6) is 1.11. The van der Waals surface area contributed by atoms with Gasteiger partial charge in [-0.25, -0.2) is 0 Å². The molecule has 0 saturated heterocycles. The fraction of sp³-hybridized carbons (Fsp3) is 0.182. The van der Waals surface area contributed by atoms with Gasteiger partial charge in [0.05, 0.1) is 12.7 Å². The lowest BCUT2D eigenvalue weighted by Gasteiger charge is -2.00. The van der Waals surface area contributed by atoms with Gasteiger partial charge in [0.15, 0.2) is 17.6 Å². The number of carbonyl (C=O) groups excluding carboxylic acids is 1. The van der Waals surface area contributed by atoms with Gasteiger partial charge in [-0.15, -0.1) is 0 Å². The van der Waals surface area contributed by atoms with Crippen molar-refractivity contribution in [1.82, 2.24) is 0 Å². The first kappa shape index (κ1) is 10.1. The minimum absolute atomic E-state index is 0.517. The van der Waals surface area contributed by atoms with E-state index in [4.69, 9.17) is 20.8 Å². The molecule has 0 saturated carbocycles. The maximum absolute atomic E-state index is 10.9. The first-order valence-corrected chi connectivity index (χ1v) is 4.77. The smallest absolute Gasteiger partial charge is 0.176 e. The minimum Gasteiger partial charge on any atom is -0.493 e. The normalized spacial score (nSPS) is 10.6. The maximum atomic E-state index is 10.9. The van der Waals surface area contributed by atoms with Crippen molar-refractivity contribution in [2.24, 2.45) is 0 Å². The molecule has 2 rings (SSSR count). The van der Waals surface area contributed by atoms with Crippen molar-refractivity contribution in [2.75, 3.05) is 7.11 Å². The van der Waals surface area contributed by atoms with Crippen LogP contribution in [0.3, 0.4) is 0 Å². The zero-order valence-corrected chi connectivity index (χ0v) is 9.09. The van der Waals surface area contributed by atoms with Gasteiger partial charge < -0.3 is 9.15 Å². The Bertz CT molecular complexity index is 528. The predicted octanol–water partition coefficient (Wildman–Crippen LogP) is 3.22. The summed E-state index contributed by atoms with van der Waals surface area (Å²) in [6.45, 7) is 1.73. The molecule has 3 nitrogen and oxygen atoms in total. The molecule has 0 bridgehead atoms. The van der Waals surface area contributed by atoms with Gasteiger partial charge in [0.2, 0.25) is 0 Å². The molecule has 1 aromatic heterocycles. The topological polar surface area (TPSA) is 39.4 Å². The Balaban J connectivity index is 2.89. The van der Waals surface area contributed by atoms with Gasteiger partial charge in [-0.3, -0.25) is 4.79 Å². The van der Waals surface area contributed by atoms with Crippen molar-refractivity contribution in [1.29, 1.82) is 0 Å². The third kappa shape index (κ3) is 1.49. The summed E-state index contributed by atoms with van der Waals surface area (Å²) in [5.41, 5.74) is 1.08. The zero-order chi connectivity index (χ0) is 11.0. The molecule has 0 spiro atoms. The van der Waals surface area contributed by atoms with Crippen molar-refractivity contribution in [2.45, 2.75) is 6.92 Å². The molecule has 0 fully saturated rings. The first-order valence-electron chi connectivity index (χ1n) is 4.39. The molecule has 2 aromatic rings. The highest BCUT2D eigenvalue weighted by Crippen LogP contribution is 2.34. The van der Waals surface area contributed by atoms with E-state index in [-0.39, 0.29) is 0 Å². The molecule has 78 valence electrons. The van der Waals surface area contributed by atoms with Crippen molar-refractivity contribution in [3.63, 3.8) is 0 Å². The standard InChI is InChI=1S/C11H9ClO3/c1-6-9(5-13)8-3-7(12)4-10(14-2)11(8)15-6/h3-5H,1-2H3. The van der Waals surface area contributed by atoms with E-state index in [9.17, 15) is 4.79 Å². The lowest BCUT2D eigenvalue weighted by atomic mass is 10.1. The second-order valence-corrected chi connectivity index (χ2v) is 3.61. The summed E-state index contributed by atoms with van der Waals surface area (Å²) in [7, 11) is 1.53. The van der Waals surface area contributed by atoms with Gasteiger partial charge in [0, 0.05) is 16.5 Å². The molecule has 1 aromatic carbocycles. The lowest BCUT2D eigenvalue weighted by molar-refractivity contribution is 0.112. The third-order valence-electron chi connectivity index (χ3n) is 2.28. The summed E-state index contributed by atoms with van der Waals surface area (Å²) < 4.78 is 10.6. The van der Waals surface area contributed by atoms with Gasteiger partial charge >= 0.3 is 0 Å². The van der Waals surface area contributed by atoms with E-state index < -0.39 is 0 Å². The highest BCUT2D eigenvalue weighted by Gasteiger charge is 2.14. The number of halogens is 1. The number of rotatable bonds is 2. The number of aldehydes is 1. The van der Waals surface area contributed by atoms with Crippen molar-refractivity contribution in [3.8, 4) is 5.75 Å². The molecule has 0 amide bonds. The summed E-state index contributed by atoms with van der Waals surface area (Å²) in [6.07, 6.45) is 0.761. The van der Waals surface area contributed by atoms with Crippen LogP contribution in [-0.4, -0.2) is 13.4 Å². The van der Waals surface area contributed by atoms with Crippen LogP contribution in [0, 0.1) is 6.92 Å². The summed E-state index contributed by atoms with van der Waals surface area (Å²) >= 11 is 5.90. The van der Waals surface area contributed by atoms with Crippen LogP contribution in [0.4, 0.5) is 0 Å². The van der Waals surface area contributed by atoms with Crippen LogP contribution in [0.1, 0.15) is 16.1 Å². The van der Waals surface area contributed by atoms with Crippen LogP contribution in [0.5, 0.6) is 5.75 Å². The molecular weight excluding hydrogens is 216 g/mol. The van der Waals surface area contributed by atoms with E-state index in [1.54, 1.807) is 19.1 Å². The maximum Gasteiger partial charge on any atom is 0.176 e. The number of furan rings is 1. The fourth-order valence-electron chi connectivity index (χ4n) is 1.57. The Morgan fingerprint density at radius 3 is 2.80 bits per heavy atom. The molecule has 0 aliphatic rings. The molecule has 4 heteroatoms. The number of carbonyl (C=O) groups is 1. The first-order chi connectivity index (χ1) is 7.17. The number of methoxy groups -OCH3 is 1. The van der Waals surface area contributed by atoms with E-state index in [1.807, 2.05) is 0 Å². The third-order valence-corrected chi connectivity index (χ3v) is 2.50. The van der Waals surface area contributed by atoms with Crippen LogP contribution in [-0.2, 0) is 0 Å². The number of aryl methyl sites for hydroxylation is 1. The fourth-order valence-corrected chi connectivity index (χ4v) is 1.78. The van der Waals surface area contributed by atoms with Crippen molar-refractivity contribution >= 4 is 28.9 Å². The number of ether oxygens (including phenoxy) is 1. The van der Waals surface area contributed by atoms with Crippen LogP contribution >= 0.6 is 11.6 Å². The summed E-state index contributed by atoms with van der Waals surface area (Å²) in [4.78, 5) is 10.9. The van der Waals surface area contributed by atoms with Gasteiger partial charge in [-0.05, 0) is 13.0 Å². The summed E-state index contributed by atoms with van der Waals surface area (Å²) in [5, 5.41) is 1.20. The highest BCUT2D eigenvalue weighted by atomic mass is 35.5. The molecule has 0 N–H and O–H groups in total. The number of hydrogen-bond acceptors (Lipinski definition) is 3. The van der Waals surface area contributed by atoms with Gasteiger partial charge in [0.25, 0.3) is 0 Å². The lowest BCUT2D eigenvalue weighted by Crippen LogP contribution is -1.84. The number of benzene rings is 1. The largest absolute Gasteiger partial charge is 0.493 e. The van der Waals surface area contributed by atoms with E-state index in [0.29, 0.717) is 33.1 Å². The van der Waals surface area contributed by atoms with Crippen molar-refractivity contribution < 1.29 is 13.9 Å². The second-order valence-electron chi connectivity index (χ2n) is 3.17. The van der Waals surface area contributed by atoms with Gasteiger partial charge in [-0.2, -0.15) is 0 Å². The number of fused-ring (bicyclic) bond motifs is 1. The van der Waals surface area contributed by atoms with E-state index in [0.717, 1.165) is 6.29 Å². The van der Waals surface area contributed by atoms with Gasteiger partial charge in [0.1, 0.15) is 5.76 Å². The molecule has 0 aliphatic heterocycles. The quantitative estimate of drug-likeness (QED) is 0.736. The average molecular weight is 225 g/mol. The Morgan fingerprint density at radius 2 is 2.20 bits per heavy atom. The van der Waals surface area contributed by atoms with Crippen LogP contribution in [0.25, 0.3) is 11.0 Å². The predicted molar refractivity (Wildman–Crippen MR) is 57.9 cm³/mol. The SMILES string of the molecule is COc1cc(Cl)cc2c(C=O)c(C)oc12. The number of hydrogen-bond donors (Lipinski definition) is 0. The average Bonchev–Trinajstić information content (AvgIpc) is 2.52. The zero-order valence-electron chi connectivity index (χ0n) is 8.33. The Morgan fingerprint density at radius 1 is 1.47 bits per heavy atom. The van der Waals surface area contributed by atoms with Gasteiger partial charge in [-0.1, -0.05) is 11.6 Å². The molecule has 0 aliphatic carbocycles. The Hall–Kier alpha value is -1.48. The highest BCUT2D eigenvalue weighted by molar-refractivity contribution is 6.31. The second kappa shape index (κ2) is 3.59. The van der Waals surface area contributed by atoms with Crippen LogP contribution < -0.4 is 4.74 Å². The Kier molecular flexibility index (Phi) is 2.40. The van der Waals surface area contributed by atoms with Crippen LogP contribution in [0.2, 0.25) is 5.02 Å². The molecule has 15 heavy (non-hydrogen) atoms. The summed E-state index contributed by atoms with van der Waals surface area (Å²) in [6, 6.07) is 3.35. The minimum atomic E-state index is 0.517. The van der Waals surface area contributed by atoms with Crippen molar-refractivity contribution in [3.05, 3.63) is 28.5 Å². The molecule has 1 heterocycles. The molecular formula is C11H9ClO3. The van der Waals surface area contributed by atoms with E-state index in [2.05, 4.69) is 0 Å².